The van der Waals surface area contributed by atoms with E-state index < -0.39 is 47.0 Å². The highest BCUT2D eigenvalue weighted by molar-refractivity contribution is 6.31. The van der Waals surface area contributed by atoms with Crippen molar-refractivity contribution in [3.05, 3.63) is 85.9 Å². The molecular weight excluding hydrogens is 649 g/mol. The second kappa shape index (κ2) is 11.3. The lowest BCUT2D eigenvalue weighted by Crippen LogP contribution is -2.37. The van der Waals surface area contributed by atoms with Crippen molar-refractivity contribution in [2.24, 2.45) is 11.8 Å². The zero-order valence-corrected chi connectivity index (χ0v) is 26.8. The Hall–Kier alpha value is -4.97. The maximum Gasteiger partial charge on any atom is 0.344 e. The van der Waals surface area contributed by atoms with E-state index in [2.05, 4.69) is 0 Å². The van der Waals surface area contributed by atoms with E-state index in [0.717, 1.165) is 18.9 Å². The molecule has 1 aromatic heterocycles. The molecule has 248 valence electrons. The minimum absolute atomic E-state index is 0.00912. The summed E-state index contributed by atoms with van der Waals surface area (Å²) in [5, 5.41) is -0.104. The lowest BCUT2D eigenvalue weighted by Gasteiger charge is -2.38. The molecule has 0 unspecified atom stereocenters. The van der Waals surface area contributed by atoms with Gasteiger partial charge in [-0.2, -0.15) is 0 Å². The van der Waals surface area contributed by atoms with Crippen LogP contribution >= 0.6 is 11.6 Å². The predicted molar refractivity (Wildman–Crippen MR) is 168 cm³/mol. The van der Waals surface area contributed by atoms with Gasteiger partial charge in [-0.05, 0) is 60.4 Å². The van der Waals surface area contributed by atoms with Gasteiger partial charge < -0.3 is 37.7 Å². The fourth-order valence-corrected chi connectivity index (χ4v) is 7.43. The van der Waals surface area contributed by atoms with Crippen molar-refractivity contribution in [2.75, 3.05) is 34.7 Å². The average molecular weight is 678 g/mol. The van der Waals surface area contributed by atoms with Crippen molar-refractivity contribution in [3.8, 4) is 28.7 Å². The van der Waals surface area contributed by atoms with Gasteiger partial charge in [0, 0.05) is 35.0 Å². The first-order valence-corrected chi connectivity index (χ1v) is 15.7. The third-order valence-electron chi connectivity index (χ3n) is 9.63. The first-order chi connectivity index (χ1) is 23.2. The molecule has 4 aromatic rings. The number of methoxy groups -OCH3 is 3. The summed E-state index contributed by atoms with van der Waals surface area (Å²) in [6.45, 7) is -0.0468. The van der Waals surface area contributed by atoms with Crippen molar-refractivity contribution in [1.82, 2.24) is 4.57 Å². The summed E-state index contributed by atoms with van der Waals surface area (Å²) < 4.78 is 56.4. The summed E-state index contributed by atoms with van der Waals surface area (Å²) in [7, 11) is 4.51. The van der Waals surface area contributed by atoms with Crippen molar-refractivity contribution in [2.45, 2.75) is 30.9 Å². The third kappa shape index (κ3) is 4.64. The fraction of sp³-hybridized carbons (Fsp3) is 0.343. The van der Waals surface area contributed by atoms with Crippen LogP contribution in [0, 0.1) is 17.7 Å². The standard InChI is InChI=1S/C35H29ClFNO10/c1-42-27-6-15(7-28(43-2)33(27)44-3)29-17-9-25-26(47-14-46-25)10-18(17)32(21-13-45-35(41)30(21)29)48-34(40)20-12-38(16-4-5-16)24-11-22(36)23(37)8-19(24)31(20)39/h6-12,16,21,29-30,32H,4-5,13-14H2,1-3H3/t21-,29+,30-,32-/m0/s1. The molecule has 0 N–H and O–H groups in total. The van der Waals surface area contributed by atoms with Crippen LogP contribution in [-0.4, -0.2) is 51.2 Å². The molecule has 0 bridgehead atoms. The van der Waals surface area contributed by atoms with Crippen LogP contribution < -0.4 is 29.1 Å². The molecule has 0 spiro atoms. The van der Waals surface area contributed by atoms with E-state index in [1.54, 1.807) is 28.8 Å². The van der Waals surface area contributed by atoms with Crippen LogP contribution in [0.1, 0.15) is 58.0 Å². The number of hydrogen-bond acceptors (Lipinski definition) is 10. The normalized spacial score (nSPS) is 22.1. The lowest BCUT2D eigenvalue weighted by atomic mass is 9.66. The van der Waals surface area contributed by atoms with Gasteiger partial charge in [0.1, 0.15) is 17.5 Å². The first-order valence-electron chi connectivity index (χ1n) is 15.4. The monoisotopic (exact) mass is 677 g/mol. The molecule has 1 saturated heterocycles. The zero-order valence-electron chi connectivity index (χ0n) is 26.0. The topological polar surface area (TPSA) is 121 Å². The number of hydrogen-bond donors (Lipinski definition) is 0. The molecular formula is C35H29ClFNO10. The molecule has 0 amide bonds. The molecule has 4 aliphatic rings. The lowest BCUT2D eigenvalue weighted by molar-refractivity contribution is -0.141. The molecule has 3 heterocycles. The maximum atomic E-state index is 14.6. The number of carbonyl (C=O) groups excluding carboxylic acids is 2. The Labute approximate surface area is 277 Å². The maximum absolute atomic E-state index is 14.6. The van der Waals surface area contributed by atoms with Crippen molar-refractivity contribution >= 4 is 34.4 Å². The van der Waals surface area contributed by atoms with Gasteiger partial charge in [0.15, 0.2) is 23.0 Å². The van der Waals surface area contributed by atoms with Crippen LogP contribution in [0.4, 0.5) is 4.39 Å². The van der Waals surface area contributed by atoms with E-state index in [0.29, 0.717) is 51.0 Å². The highest BCUT2D eigenvalue weighted by atomic mass is 35.5. The molecule has 2 aliphatic carbocycles. The van der Waals surface area contributed by atoms with E-state index in [-0.39, 0.29) is 35.4 Å². The molecule has 0 radical (unpaired) electrons. The summed E-state index contributed by atoms with van der Waals surface area (Å²) in [5.74, 6) is -2.11. The van der Waals surface area contributed by atoms with Gasteiger partial charge in [-0.25, -0.2) is 9.18 Å². The van der Waals surface area contributed by atoms with Crippen LogP contribution in [0.25, 0.3) is 10.9 Å². The Kier molecular flexibility index (Phi) is 7.17. The number of benzene rings is 3. The number of nitrogens with zero attached hydrogens (tertiary/aromatic N) is 1. The van der Waals surface area contributed by atoms with E-state index >= 15 is 0 Å². The fourth-order valence-electron chi connectivity index (χ4n) is 7.27. The first kappa shape index (κ1) is 30.4. The minimum Gasteiger partial charge on any atom is -0.493 e. The number of rotatable bonds is 7. The van der Waals surface area contributed by atoms with Crippen LogP contribution in [0.2, 0.25) is 5.02 Å². The molecule has 2 aliphatic heterocycles. The summed E-state index contributed by atoms with van der Waals surface area (Å²) in [4.78, 5) is 41.3. The van der Waals surface area contributed by atoms with Crippen LogP contribution in [0.3, 0.4) is 0 Å². The number of cyclic esters (lactones) is 1. The highest BCUT2D eigenvalue weighted by Crippen LogP contribution is 2.56. The Bertz CT molecular complexity index is 2070. The zero-order chi connectivity index (χ0) is 33.4. The predicted octanol–water partition coefficient (Wildman–Crippen LogP) is 5.72. The molecule has 48 heavy (non-hydrogen) atoms. The van der Waals surface area contributed by atoms with Gasteiger partial charge in [-0.15, -0.1) is 0 Å². The summed E-state index contributed by atoms with van der Waals surface area (Å²) in [6, 6.07) is 9.54. The smallest absolute Gasteiger partial charge is 0.344 e. The Morgan fingerprint density at radius 1 is 0.917 bits per heavy atom. The van der Waals surface area contributed by atoms with Gasteiger partial charge in [0.05, 0.1) is 44.4 Å². The molecule has 3 aromatic carbocycles. The van der Waals surface area contributed by atoms with Crippen molar-refractivity contribution in [1.29, 1.82) is 0 Å². The van der Waals surface area contributed by atoms with E-state index in [1.165, 1.54) is 33.6 Å². The number of aromatic nitrogens is 1. The molecule has 11 nitrogen and oxygen atoms in total. The number of carbonyl (C=O) groups is 2. The van der Waals surface area contributed by atoms with Gasteiger partial charge in [-0.1, -0.05) is 11.6 Å². The Balaban J connectivity index is 1.27. The summed E-state index contributed by atoms with van der Waals surface area (Å²) >= 11 is 6.06. The third-order valence-corrected chi connectivity index (χ3v) is 9.92. The van der Waals surface area contributed by atoms with Gasteiger partial charge >= 0.3 is 11.9 Å². The number of esters is 2. The van der Waals surface area contributed by atoms with E-state index in [1.807, 2.05) is 0 Å². The van der Waals surface area contributed by atoms with Crippen LogP contribution in [0.5, 0.6) is 28.7 Å². The number of fused-ring (bicyclic) bond motifs is 4. The summed E-state index contributed by atoms with van der Waals surface area (Å²) in [5.41, 5.74) is 1.36. The van der Waals surface area contributed by atoms with E-state index in [4.69, 9.17) is 44.8 Å². The number of halogens is 2. The molecule has 1 saturated carbocycles. The SMILES string of the molecule is COc1cc([C@@H]2c3cc4c(cc3[C@H](OC(=O)c3cn(C5CC5)c5cc(Cl)c(F)cc5c3=O)[C@H]3COC(=O)[C@H]23)OCO4)cc(OC)c1OC. The van der Waals surface area contributed by atoms with Gasteiger partial charge in [0.2, 0.25) is 18.0 Å². The van der Waals surface area contributed by atoms with Gasteiger partial charge in [0.25, 0.3) is 0 Å². The van der Waals surface area contributed by atoms with Crippen LogP contribution in [-0.2, 0) is 14.3 Å². The molecule has 8 rings (SSSR count). The summed E-state index contributed by atoms with van der Waals surface area (Å²) in [6.07, 6.45) is 2.10. The van der Waals surface area contributed by atoms with Crippen LogP contribution in [0.15, 0.2) is 47.4 Å². The second-order valence-corrected chi connectivity index (χ2v) is 12.6. The Morgan fingerprint density at radius 2 is 1.60 bits per heavy atom. The van der Waals surface area contributed by atoms with E-state index in [9.17, 15) is 18.8 Å². The van der Waals surface area contributed by atoms with Gasteiger partial charge in [-0.3, -0.25) is 9.59 Å². The minimum atomic E-state index is -1.01. The second-order valence-electron chi connectivity index (χ2n) is 12.2. The largest absolute Gasteiger partial charge is 0.493 e. The van der Waals surface area contributed by atoms with Crippen molar-refractivity contribution < 1.29 is 47.1 Å². The Morgan fingerprint density at radius 3 is 2.25 bits per heavy atom. The highest BCUT2D eigenvalue weighted by Gasteiger charge is 2.54. The number of pyridine rings is 1. The quantitative estimate of drug-likeness (QED) is 0.225. The molecule has 2 fully saturated rings. The average Bonchev–Trinajstić information content (AvgIpc) is 3.71. The molecule has 13 heteroatoms. The molecule has 4 atom stereocenters. The van der Waals surface area contributed by atoms with Crippen molar-refractivity contribution in [3.63, 3.8) is 0 Å². The number of ether oxygens (including phenoxy) is 7.